The molecule has 3 nitrogen and oxygen atoms in total. The highest BCUT2D eigenvalue weighted by molar-refractivity contribution is 5.76. The first kappa shape index (κ1) is 10.2. The van der Waals surface area contributed by atoms with E-state index in [9.17, 15) is 4.79 Å². The fourth-order valence-corrected chi connectivity index (χ4v) is 0.558. The maximum absolute atomic E-state index is 10.9. The number of nitrogens with two attached hydrogens (primary N) is 1. The van der Waals surface area contributed by atoms with Crippen molar-refractivity contribution in [2.24, 2.45) is 11.1 Å². The van der Waals surface area contributed by atoms with Crippen molar-refractivity contribution in [3.63, 3.8) is 0 Å². The lowest BCUT2D eigenvalue weighted by Gasteiger charge is -2.25. The predicted molar refractivity (Wildman–Crippen MR) is 44.0 cm³/mol. The monoisotopic (exact) mass is 157 g/mol. The molecule has 1 atom stereocenters. The molecule has 0 rings (SSSR count). The van der Waals surface area contributed by atoms with Crippen molar-refractivity contribution in [3.05, 3.63) is 12.7 Å². The van der Waals surface area contributed by atoms with E-state index >= 15 is 0 Å². The Bertz CT molecular complexity index is 163. The minimum absolute atomic E-state index is 0.408. The number of carbonyl (C=O) groups excluding carboxylic acids is 1. The first-order valence-electron chi connectivity index (χ1n) is 3.42. The van der Waals surface area contributed by atoms with Gasteiger partial charge < -0.3 is 10.5 Å². The van der Waals surface area contributed by atoms with Crippen LogP contribution in [0.15, 0.2) is 12.7 Å². The van der Waals surface area contributed by atoms with Gasteiger partial charge in [0.1, 0.15) is 6.04 Å². The van der Waals surface area contributed by atoms with Crippen molar-refractivity contribution >= 4 is 5.97 Å². The van der Waals surface area contributed by atoms with E-state index in [1.54, 1.807) is 6.08 Å². The summed E-state index contributed by atoms with van der Waals surface area (Å²) in [6.45, 7) is 7.25. The number of carbonyl (C=O) groups is 1. The second kappa shape index (κ2) is 3.53. The van der Waals surface area contributed by atoms with E-state index in [1.807, 2.05) is 13.8 Å². The van der Waals surface area contributed by atoms with Crippen LogP contribution < -0.4 is 5.73 Å². The van der Waals surface area contributed by atoms with Crippen molar-refractivity contribution in [3.8, 4) is 0 Å². The third-order valence-electron chi connectivity index (χ3n) is 1.78. The number of ether oxygens (including phenoxy) is 1. The molecule has 0 unspecified atom stereocenters. The zero-order valence-corrected chi connectivity index (χ0v) is 7.26. The lowest BCUT2D eigenvalue weighted by molar-refractivity contribution is -0.144. The normalized spacial score (nSPS) is 13.8. The van der Waals surface area contributed by atoms with E-state index in [0.717, 1.165) is 0 Å². The third kappa shape index (κ3) is 2.35. The van der Waals surface area contributed by atoms with Gasteiger partial charge in [0.15, 0.2) is 0 Å². The Hall–Kier alpha value is -0.830. The van der Waals surface area contributed by atoms with Crippen LogP contribution >= 0.6 is 0 Å². The van der Waals surface area contributed by atoms with Crippen LogP contribution in [0.3, 0.4) is 0 Å². The summed E-state index contributed by atoms with van der Waals surface area (Å²) in [6.07, 6.45) is 1.65. The third-order valence-corrected chi connectivity index (χ3v) is 1.78. The average molecular weight is 157 g/mol. The van der Waals surface area contributed by atoms with Crippen molar-refractivity contribution in [1.29, 1.82) is 0 Å². The fourth-order valence-electron chi connectivity index (χ4n) is 0.558. The van der Waals surface area contributed by atoms with Crippen LogP contribution in [0.4, 0.5) is 0 Å². The van der Waals surface area contributed by atoms with Gasteiger partial charge in [-0.2, -0.15) is 0 Å². The summed E-state index contributed by atoms with van der Waals surface area (Å²) in [6, 6.07) is -0.634. The van der Waals surface area contributed by atoms with Crippen LogP contribution in [0.5, 0.6) is 0 Å². The highest BCUT2D eigenvalue weighted by Gasteiger charge is 2.29. The molecule has 0 aromatic carbocycles. The zero-order chi connectivity index (χ0) is 9.07. The Labute approximate surface area is 67.2 Å². The van der Waals surface area contributed by atoms with E-state index < -0.39 is 17.4 Å². The molecular weight excluding hydrogens is 142 g/mol. The van der Waals surface area contributed by atoms with Gasteiger partial charge >= 0.3 is 5.97 Å². The van der Waals surface area contributed by atoms with E-state index in [1.165, 1.54) is 7.11 Å². The molecule has 0 aromatic rings. The summed E-state index contributed by atoms with van der Waals surface area (Å²) in [5.74, 6) is -0.408. The molecule has 0 heterocycles. The highest BCUT2D eigenvalue weighted by atomic mass is 16.5. The van der Waals surface area contributed by atoms with Gasteiger partial charge in [-0.1, -0.05) is 19.9 Å². The molecule has 0 fully saturated rings. The van der Waals surface area contributed by atoms with Crippen molar-refractivity contribution in [1.82, 2.24) is 0 Å². The van der Waals surface area contributed by atoms with Crippen LogP contribution in [-0.4, -0.2) is 19.1 Å². The minimum atomic E-state index is -0.634. The first-order chi connectivity index (χ1) is 4.95. The molecule has 2 N–H and O–H groups in total. The number of hydrogen-bond acceptors (Lipinski definition) is 3. The van der Waals surface area contributed by atoms with Crippen LogP contribution in [0.25, 0.3) is 0 Å². The topological polar surface area (TPSA) is 52.3 Å². The molecule has 3 heteroatoms. The first-order valence-corrected chi connectivity index (χ1v) is 3.42. The summed E-state index contributed by atoms with van der Waals surface area (Å²) >= 11 is 0. The van der Waals surface area contributed by atoms with Gasteiger partial charge in [0, 0.05) is 5.41 Å². The summed E-state index contributed by atoms with van der Waals surface area (Å²) in [4.78, 5) is 10.9. The van der Waals surface area contributed by atoms with Gasteiger partial charge in [0.05, 0.1) is 7.11 Å². The van der Waals surface area contributed by atoms with E-state index in [2.05, 4.69) is 11.3 Å². The van der Waals surface area contributed by atoms with Crippen molar-refractivity contribution in [2.75, 3.05) is 7.11 Å². The van der Waals surface area contributed by atoms with E-state index in [-0.39, 0.29) is 0 Å². The molecule has 11 heavy (non-hydrogen) atoms. The molecule has 0 amide bonds. The Morgan fingerprint density at radius 2 is 2.18 bits per heavy atom. The molecule has 0 aromatic heterocycles. The molecule has 0 bridgehead atoms. The summed E-state index contributed by atoms with van der Waals surface area (Å²) in [5, 5.41) is 0. The molecule has 0 aliphatic heterocycles. The van der Waals surface area contributed by atoms with Crippen LogP contribution in [0.1, 0.15) is 13.8 Å². The molecule has 0 saturated heterocycles. The number of methoxy groups -OCH3 is 1. The van der Waals surface area contributed by atoms with E-state index in [0.29, 0.717) is 0 Å². The molecule has 0 aliphatic rings. The smallest absolute Gasteiger partial charge is 0.323 e. The molecule has 64 valence electrons. The van der Waals surface area contributed by atoms with Gasteiger partial charge in [-0.15, -0.1) is 6.58 Å². The highest BCUT2D eigenvalue weighted by Crippen LogP contribution is 2.20. The lowest BCUT2D eigenvalue weighted by Crippen LogP contribution is -2.43. The minimum Gasteiger partial charge on any atom is -0.468 e. The second-order valence-electron chi connectivity index (χ2n) is 3.03. The molecule has 0 aliphatic carbocycles. The van der Waals surface area contributed by atoms with E-state index in [4.69, 9.17) is 5.73 Å². The Morgan fingerprint density at radius 3 is 2.45 bits per heavy atom. The fraction of sp³-hybridized carbons (Fsp3) is 0.625. The predicted octanol–water partition coefficient (Wildman–Crippen LogP) is 0.699. The number of rotatable bonds is 3. The molecular formula is C8H15NO2. The quantitative estimate of drug-likeness (QED) is 0.484. The Morgan fingerprint density at radius 1 is 1.73 bits per heavy atom. The van der Waals surface area contributed by atoms with Gasteiger partial charge in [-0.3, -0.25) is 4.79 Å². The Balaban J connectivity index is 4.34. The molecule has 0 spiro atoms. The maximum atomic E-state index is 10.9. The molecule has 0 radical (unpaired) electrons. The molecule has 0 saturated carbocycles. The summed E-state index contributed by atoms with van der Waals surface area (Å²) < 4.78 is 4.49. The standard InChI is InChI=1S/C8H15NO2/c1-5-8(2,3)6(9)7(10)11-4/h5-6H,1,9H2,2-4H3/t6-/m1/s1. The van der Waals surface area contributed by atoms with Crippen LogP contribution in [-0.2, 0) is 9.53 Å². The van der Waals surface area contributed by atoms with Gasteiger partial charge in [-0.25, -0.2) is 0 Å². The average Bonchev–Trinajstić information content (AvgIpc) is 2.01. The van der Waals surface area contributed by atoms with Gasteiger partial charge in [-0.05, 0) is 0 Å². The van der Waals surface area contributed by atoms with Gasteiger partial charge in [0.25, 0.3) is 0 Å². The SMILES string of the molecule is C=CC(C)(C)[C@H](N)C(=O)OC. The number of hydrogen-bond donors (Lipinski definition) is 1. The van der Waals surface area contributed by atoms with Gasteiger partial charge in [0.2, 0.25) is 0 Å². The largest absolute Gasteiger partial charge is 0.468 e. The van der Waals surface area contributed by atoms with Crippen molar-refractivity contribution in [2.45, 2.75) is 19.9 Å². The maximum Gasteiger partial charge on any atom is 0.323 e. The lowest BCUT2D eigenvalue weighted by atomic mass is 9.85. The van der Waals surface area contributed by atoms with Crippen LogP contribution in [0.2, 0.25) is 0 Å². The second-order valence-corrected chi connectivity index (χ2v) is 3.03. The number of esters is 1. The summed E-state index contributed by atoms with van der Waals surface area (Å²) in [5.41, 5.74) is 5.16. The zero-order valence-electron chi connectivity index (χ0n) is 7.26. The van der Waals surface area contributed by atoms with Crippen LogP contribution in [0, 0.1) is 5.41 Å². The Kier molecular flexibility index (Phi) is 3.26. The van der Waals surface area contributed by atoms with Crippen molar-refractivity contribution < 1.29 is 9.53 Å². The summed E-state index contributed by atoms with van der Waals surface area (Å²) in [7, 11) is 1.32.